The predicted octanol–water partition coefficient (Wildman–Crippen LogP) is 4.37. The first-order valence-electron chi connectivity index (χ1n) is 9.53. The number of hydrogen-bond acceptors (Lipinski definition) is 3. The third-order valence-corrected chi connectivity index (χ3v) is 5.81. The Bertz CT molecular complexity index is 828. The van der Waals surface area contributed by atoms with Gasteiger partial charge in [0.05, 0.1) is 5.39 Å². The number of hydrogen-bond donors (Lipinski definition) is 0. The van der Waals surface area contributed by atoms with E-state index >= 15 is 0 Å². The quantitative estimate of drug-likeness (QED) is 0.831. The van der Waals surface area contributed by atoms with Crippen molar-refractivity contribution in [1.29, 1.82) is 0 Å². The number of amides is 1. The highest BCUT2D eigenvalue weighted by atomic mass is 16.3. The number of rotatable bonds is 4. The van der Waals surface area contributed by atoms with Crippen LogP contribution in [0.1, 0.15) is 62.4 Å². The molecule has 0 saturated heterocycles. The van der Waals surface area contributed by atoms with Crippen LogP contribution in [0.5, 0.6) is 0 Å². The minimum absolute atomic E-state index is 0.106. The number of para-hydroxylation sites is 1. The summed E-state index contributed by atoms with van der Waals surface area (Å²) in [5.41, 5.74) is 0.347. The van der Waals surface area contributed by atoms with Gasteiger partial charge in [0.15, 0.2) is 11.2 Å². The van der Waals surface area contributed by atoms with Crippen molar-refractivity contribution in [1.82, 2.24) is 4.90 Å². The third-order valence-electron chi connectivity index (χ3n) is 5.81. The molecule has 0 aliphatic heterocycles. The lowest BCUT2D eigenvalue weighted by Gasteiger charge is -2.36. The zero-order valence-corrected chi connectivity index (χ0v) is 14.7. The highest BCUT2D eigenvalue weighted by Gasteiger charge is 2.40. The van der Waals surface area contributed by atoms with Crippen molar-refractivity contribution in [2.45, 2.75) is 64.0 Å². The van der Waals surface area contributed by atoms with Gasteiger partial charge >= 0.3 is 0 Å². The molecule has 2 saturated carbocycles. The molecule has 1 amide bonds. The molecular weight excluding hydrogens is 314 g/mol. The first-order valence-corrected chi connectivity index (χ1v) is 9.53. The Morgan fingerprint density at radius 2 is 1.72 bits per heavy atom. The van der Waals surface area contributed by atoms with Gasteiger partial charge in [-0.25, -0.2) is 0 Å². The molecule has 0 bridgehead atoms. The Hall–Kier alpha value is -2.10. The van der Waals surface area contributed by atoms with E-state index in [1.54, 1.807) is 12.1 Å². The molecule has 25 heavy (non-hydrogen) atoms. The van der Waals surface area contributed by atoms with Crippen LogP contribution in [0.25, 0.3) is 11.0 Å². The molecule has 0 spiro atoms. The highest BCUT2D eigenvalue weighted by Crippen LogP contribution is 2.37. The van der Waals surface area contributed by atoms with Crippen LogP contribution < -0.4 is 5.43 Å². The molecule has 4 nitrogen and oxygen atoms in total. The van der Waals surface area contributed by atoms with Crippen LogP contribution in [0.3, 0.4) is 0 Å². The lowest BCUT2D eigenvalue weighted by Crippen LogP contribution is -2.44. The normalized spacial score (nSPS) is 23.6. The van der Waals surface area contributed by atoms with Crippen molar-refractivity contribution in [3.63, 3.8) is 0 Å². The molecule has 4 rings (SSSR count). The third kappa shape index (κ3) is 3.22. The Balaban J connectivity index is 1.62. The van der Waals surface area contributed by atoms with Crippen molar-refractivity contribution in [2.75, 3.05) is 0 Å². The molecule has 2 aromatic rings. The van der Waals surface area contributed by atoms with E-state index in [9.17, 15) is 9.59 Å². The smallest absolute Gasteiger partial charge is 0.290 e. The van der Waals surface area contributed by atoms with E-state index in [1.165, 1.54) is 25.3 Å². The summed E-state index contributed by atoms with van der Waals surface area (Å²) >= 11 is 0. The molecule has 0 radical (unpaired) electrons. The van der Waals surface area contributed by atoms with E-state index in [-0.39, 0.29) is 17.1 Å². The van der Waals surface area contributed by atoms with Crippen molar-refractivity contribution in [2.24, 2.45) is 5.92 Å². The van der Waals surface area contributed by atoms with Crippen LogP contribution >= 0.6 is 0 Å². The molecule has 0 unspecified atom stereocenters. The first-order chi connectivity index (χ1) is 12.2. The maximum Gasteiger partial charge on any atom is 0.290 e. The summed E-state index contributed by atoms with van der Waals surface area (Å²) in [6.45, 7) is 2.25. The summed E-state index contributed by atoms with van der Waals surface area (Å²) in [5, 5.41) is 0.528. The SMILES string of the molecule is CCC1CCC(N(C(=O)c2cc(=O)c3ccccc3o2)C2CC2)CC1. The van der Waals surface area contributed by atoms with Crippen molar-refractivity contribution < 1.29 is 9.21 Å². The van der Waals surface area contributed by atoms with Crippen LogP contribution in [0.2, 0.25) is 0 Å². The molecule has 2 aliphatic rings. The number of carbonyl (C=O) groups excluding carboxylic acids is 1. The lowest BCUT2D eigenvalue weighted by atomic mass is 9.83. The molecule has 2 aliphatic carbocycles. The van der Waals surface area contributed by atoms with Crippen LogP contribution in [0, 0.1) is 5.92 Å². The largest absolute Gasteiger partial charge is 0.451 e. The van der Waals surface area contributed by atoms with E-state index in [0.29, 0.717) is 23.1 Å². The molecule has 1 aromatic carbocycles. The molecular formula is C21H25NO3. The van der Waals surface area contributed by atoms with Crippen molar-refractivity contribution in [3.05, 3.63) is 46.3 Å². The Morgan fingerprint density at radius 3 is 2.36 bits per heavy atom. The standard InChI is InChI=1S/C21H25NO3/c1-2-14-7-9-15(10-8-14)22(16-11-12-16)21(24)20-13-18(23)17-5-3-4-6-19(17)25-20/h3-6,13-16H,2,7-12H2,1H3. The van der Waals surface area contributed by atoms with E-state index in [2.05, 4.69) is 6.92 Å². The van der Waals surface area contributed by atoms with Gasteiger partial charge < -0.3 is 9.32 Å². The Morgan fingerprint density at radius 1 is 1.08 bits per heavy atom. The van der Waals surface area contributed by atoms with Gasteiger partial charge in [0.25, 0.3) is 5.91 Å². The number of carbonyl (C=O) groups is 1. The van der Waals surface area contributed by atoms with Gasteiger partial charge in [0, 0.05) is 18.2 Å². The van der Waals surface area contributed by atoms with Crippen LogP contribution in [0.15, 0.2) is 39.5 Å². The number of fused-ring (bicyclic) bond motifs is 1. The summed E-state index contributed by atoms with van der Waals surface area (Å²) in [6.07, 6.45) is 7.88. The molecule has 2 fully saturated rings. The van der Waals surface area contributed by atoms with E-state index in [4.69, 9.17) is 4.42 Å². The number of benzene rings is 1. The molecule has 4 heteroatoms. The fourth-order valence-electron chi connectivity index (χ4n) is 4.15. The molecule has 1 aromatic heterocycles. The van der Waals surface area contributed by atoms with Gasteiger partial charge in [-0.2, -0.15) is 0 Å². The predicted molar refractivity (Wildman–Crippen MR) is 97.7 cm³/mol. The second-order valence-corrected chi connectivity index (χ2v) is 7.50. The average molecular weight is 339 g/mol. The maximum atomic E-state index is 13.2. The minimum Gasteiger partial charge on any atom is -0.451 e. The second-order valence-electron chi connectivity index (χ2n) is 7.50. The fraction of sp³-hybridized carbons (Fsp3) is 0.524. The van der Waals surface area contributed by atoms with E-state index in [1.807, 2.05) is 17.0 Å². The monoisotopic (exact) mass is 339 g/mol. The first kappa shape index (κ1) is 16.4. The Kier molecular flexibility index (Phi) is 4.36. The van der Waals surface area contributed by atoms with Gasteiger partial charge in [0.2, 0.25) is 0 Å². The van der Waals surface area contributed by atoms with Gasteiger partial charge in [0.1, 0.15) is 5.58 Å². The molecule has 0 atom stereocenters. The summed E-state index contributed by atoms with van der Waals surface area (Å²) in [7, 11) is 0. The van der Waals surface area contributed by atoms with E-state index in [0.717, 1.165) is 31.6 Å². The second kappa shape index (κ2) is 6.66. The number of nitrogens with zero attached hydrogens (tertiary/aromatic N) is 1. The average Bonchev–Trinajstić information content (AvgIpc) is 3.47. The zero-order valence-electron chi connectivity index (χ0n) is 14.7. The van der Waals surface area contributed by atoms with Crippen molar-refractivity contribution in [3.8, 4) is 0 Å². The highest BCUT2D eigenvalue weighted by molar-refractivity contribution is 5.93. The van der Waals surface area contributed by atoms with Gasteiger partial charge in [-0.15, -0.1) is 0 Å². The maximum absolute atomic E-state index is 13.2. The van der Waals surface area contributed by atoms with Gasteiger partial charge in [-0.05, 0) is 56.6 Å². The summed E-state index contributed by atoms with van der Waals surface area (Å²) in [4.78, 5) is 27.5. The van der Waals surface area contributed by atoms with Crippen molar-refractivity contribution >= 4 is 16.9 Å². The Labute approximate surface area is 147 Å². The van der Waals surface area contributed by atoms with Gasteiger partial charge in [-0.1, -0.05) is 25.5 Å². The molecule has 1 heterocycles. The summed E-state index contributed by atoms with van der Waals surface area (Å²) in [5.74, 6) is 0.879. The van der Waals surface area contributed by atoms with Crippen LogP contribution in [-0.4, -0.2) is 22.9 Å². The lowest BCUT2D eigenvalue weighted by molar-refractivity contribution is 0.0555. The van der Waals surface area contributed by atoms with E-state index < -0.39 is 0 Å². The zero-order chi connectivity index (χ0) is 17.4. The topological polar surface area (TPSA) is 50.5 Å². The molecule has 0 N–H and O–H groups in total. The summed E-state index contributed by atoms with van der Waals surface area (Å²) < 4.78 is 5.81. The van der Waals surface area contributed by atoms with Crippen LogP contribution in [-0.2, 0) is 0 Å². The fourth-order valence-corrected chi connectivity index (χ4v) is 4.15. The summed E-state index contributed by atoms with van der Waals surface area (Å²) in [6, 6.07) is 9.11. The van der Waals surface area contributed by atoms with Gasteiger partial charge in [-0.3, -0.25) is 9.59 Å². The minimum atomic E-state index is -0.143. The molecule has 132 valence electrons. The van der Waals surface area contributed by atoms with Crippen LogP contribution in [0.4, 0.5) is 0 Å².